The highest BCUT2D eigenvalue weighted by molar-refractivity contribution is 5.82. The minimum atomic E-state index is 0.269. The van der Waals surface area contributed by atoms with Crippen molar-refractivity contribution < 1.29 is 4.74 Å². The maximum absolute atomic E-state index is 6.11. The van der Waals surface area contributed by atoms with Crippen molar-refractivity contribution >= 4 is 16.6 Å². The Morgan fingerprint density at radius 3 is 2.83 bits per heavy atom. The highest BCUT2D eigenvalue weighted by Gasteiger charge is 2.25. The predicted molar refractivity (Wildman–Crippen MR) is 117 cm³/mol. The highest BCUT2D eigenvalue weighted by Crippen LogP contribution is 2.27. The zero-order chi connectivity index (χ0) is 20.7. The van der Waals surface area contributed by atoms with Crippen LogP contribution in [0, 0.1) is 0 Å². The van der Waals surface area contributed by atoms with Gasteiger partial charge in [0.2, 0.25) is 0 Å². The fourth-order valence-corrected chi connectivity index (χ4v) is 4.18. The molecule has 7 nitrogen and oxygen atoms in total. The Hall–Kier alpha value is -3.03. The quantitative estimate of drug-likeness (QED) is 0.551. The van der Waals surface area contributed by atoms with E-state index in [4.69, 9.17) is 15.5 Å². The number of nitrogens with two attached hydrogens (primary N) is 1. The number of rotatable bonds is 5. The van der Waals surface area contributed by atoms with Crippen molar-refractivity contribution in [2.45, 2.75) is 32.4 Å². The van der Waals surface area contributed by atoms with Crippen LogP contribution in [0.25, 0.3) is 28.1 Å². The summed E-state index contributed by atoms with van der Waals surface area (Å²) in [6.45, 7) is 6.80. The fourth-order valence-electron chi connectivity index (χ4n) is 4.18. The van der Waals surface area contributed by atoms with Crippen molar-refractivity contribution in [3.63, 3.8) is 0 Å². The number of pyridine rings is 2. The molecule has 1 aromatic carbocycles. The highest BCUT2D eigenvalue weighted by atomic mass is 16.5. The van der Waals surface area contributed by atoms with Gasteiger partial charge in [-0.05, 0) is 50.1 Å². The van der Waals surface area contributed by atoms with E-state index in [-0.39, 0.29) is 12.1 Å². The largest absolute Gasteiger partial charge is 0.494 e. The molecular weight excluding hydrogens is 376 g/mol. The van der Waals surface area contributed by atoms with Crippen molar-refractivity contribution in [3.05, 3.63) is 54.2 Å². The molecule has 3 aromatic heterocycles. The first-order valence-corrected chi connectivity index (χ1v) is 10.5. The lowest BCUT2D eigenvalue weighted by Gasteiger charge is -2.24. The van der Waals surface area contributed by atoms with Crippen molar-refractivity contribution in [2.75, 3.05) is 19.7 Å². The third kappa shape index (κ3) is 3.40. The molecule has 0 aliphatic carbocycles. The molecule has 0 unspecified atom stereocenters. The van der Waals surface area contributed by atoms with Gasteiger partial charge in [0.15, 0.2) is 11.5 Å². The molecule has 1 fully saturated rings. The Balaban J connectivity index is 1.54. The molecule has 2 N–H and O–H groups in total. The number of fused-ring (bicyclic) bond motifs is 2. The summed E-state index contributed by atoms with van der Waals surface area (Å²) >= 11 is 0. The summed E-state index contributed by atoms with van der Waals surface area (Å²) < 4.78 is 7.66. The molecule has 30 heavy (non-hydrogen) atoms. The van der Waals surface area contributed by atoms with E-state index in [0.717, 1.165) is 53.3 Å². The molecule has 1 aliphatic heterocycles. The van der Waals surface area contributed by atoms with E-state index in [1.54, 1.807) is 0 Å². The minimum Gasteiger partial charge on any atom is -0.494 e. The second-order valence-electron chi connectivity index (χ2n) is 7.92. The lowest BCUT2D eigenvalue weighted by atomic mass is 10.1. The predicted octanol–water partition coefficient (Wildman–Crippen LogP) is 3.44. The molecule has 154 valence electrons. The van der Waals surface area contributed by atoms with Crippen molar-refractivity contribution in [2.24, 2.45) is 5.73 Å². The van der Waals surface area contributed by atoms with E-state index >= 15 is 0 Å². The Kier molecular flexibility index (Phi) is 4.84. The summed E-state index contributed by atoms with van der Waals surface area (Å²) in [6.07, 6.45) is 3.18. The van der Waals surface area contributed by atoms with Gasteiger partial charge in [-0.3, -0.25) is 9.30 Å². The fraction of sp³-hybridized carbons (Fsp3) is 0.348. The van der Waals surface area contributed by atoms with Gasteiger partial charge in [-0.2, -0.15) is 0 Å². The number of benzene rings is 1. The van der Waals surface area contributed by atoms with Crippen molar-refractivity contribution in [3.8, 4) is 17.3 Å². The van der Waals surface area contributed by atoms with Gasteiger partial charge in [-0.1, -0.05) is 12.1 Å². The third-order valence-electron chi connectivity index (χ3n) is 5.92. The molecule has 1 saturated heterocycles. The monoisotopic (exact) mass is 402 g/mol. The number of likely N-dealkylation sites (tertiary alicyclic amines) is 1. The maximum Gasteiger partial charge on any atom is 0.187 e. The van der Waals surface area contributed by atoms with Crippen LogP contribution >= 0.6 is 0 Å². The summed E-state index contributed by atoms with van der Waals surface area (Å²) in [7, 11) is 0. The van der Waals surface area contributed by atoms with Gasteiger partial charge in [0.1, 0.15) is 11.4 Å². The minimum absolute atomic E-state index is 0.269. The number of aromatic nitrogens is 4. The molecule has 1 aliphatic rings. The number of hydrogen-bond donors (Lipinski definition) is 1. The third-order valence-corrected chi connectivity index (χ3v) is 5.92. The zero-order valence-electron chi connectivity index (χ0n) is 17.3. The van der Waals surface area contributed by atoms with E-state index in [0.29, 0.717) is 6.61 Å². The van der Waals surface area contributed by atoms with Gasteiger partial charge >= 0.3 is 0 Å². The molecular formula is C23H26N6O. The topological polar surface area (TPSA) is 81.6 Å². The van der Waals surface area contributed by atoms with E-state index in [9.17, 15) is 0 Å². The van der Waals surface area contributed by atoms with Crippen LogP contribution in [0.5, 0.6) is 5.75 Å². The summed E-state index contributed by atoms with van der Waals surface area (Å²) in [4.78, 5) is 7.27. The van der Waals surface area contributed by atoms with Crippen LogP contribution in [0.4, 0.5) is 0 Å². The molecule has 0 radical (unpaired) electrons. The Morgan fingerprint density at radius 2 is 2.03 bits per heavy atom. The van der Waals surface area contributed by atoms with E-state index in [2.05, 4.69) is 40.4 Å². The lowest BCUT2D eigenvalue weighted by Crippen LogP contribution is -2.28. The Morgan fingerprint density at radius 1 is 1.17 bits per heavy atom. The number of hydrogen-bond acceptors (Lipinski definition) is 6. The van der Waals surface area contributed by atoms with Crippen LogP contribution < -0.4 is 10.5 Å². The number of ether oxygens (including phenoxy) is 1. The average Bonchev–Trinajstić information content (AvgIpc) is 3.38. The second-order valence-corrected chi connectivity index (χ2v) is 7.92. The smallest absolute Gasteiger partial charge is 0.187 e. The molecule has 0 spiro atoms. The summed E-state index contributed by atoms with van der Waals surface area (Å²) in [5.41, 5.74) is 9.80. The second kappa shape index (κ2) is 7.66. The van der Waals surface area contributed by atoms with Gasteiger partial charge in [0.05, 0.1) is 12.1 Å². The van der Waals surface area contributed by atoms with Gasteiger partial charge < -0.3 is 10.5 Å². The molecule has 2 atom stereocenters. The van der Waals surface area contributed by atoms with Gasteiger partial charge in [-0.25, -0.2) is 4.98 Å². The maximum atomic E-state index is 6.11. The van der Waals surface area contributed by atoms with Crippen LogP contribution in [0.3, 0.4) is 0 Å². The molecule has 7 heteroatoms. The SMILES string of the molecule is CCOc1ccc2ccc(-c3nnc4ccc([C@H](C)N5CC[C@H](N)C5)cn34)nc2c1. The molecule has 0 saturated carbocycles. The van der Waals surface area contributed by atoms with Gasteiger partial charge in [0, 0.05) is 42.8 Å². The van der Waals surface area contributed by atoms with Crippen LogP contribution in [0.1, 0.15) is 31.9 Å². The van der Waals surface area contributed by atoms with Crippen molar-refractivity contribution in [1.82, 2.24) is 24.5 Å². The van der Waals surface area contributed by atoms with E-state index in [1.165, 1.54) is 5.56 Å². The molecule has 4 heterocycles. The van der Waals surface area contributed by atoms with Crippen LogP contribution in [0.15, 0.2) is 48.7 Å². The first-order valence-electron chi connectivity index (χ1n) is 10.5. The van der Waals surface area contributed by atoms with Crippen LogP contribution in [0.2, 0.25) is 0 Å². The molecule has 0 bridgehead atoms. The Bertz CT molecular complexity index is 1200. The first kappa shape index (κ1) is 19.0. The molecule has 5 rings (SSSR count). The standard InChI is InChI=1S/C23H26N6O/c1-3-30-19-7-4-16-5-8-20(25-21(16)12-19)23-27-26-22-9-6-17(13-29(22)23)15(2)28-11-10-18(24)14-28/h4-9,12-13,15,18H,3,10-11,14,24H2,1-2H3/t15-,18-/m0/s1. The summed E-state index contributed by atoms with van der Waals surface area (Å²) in [5, 5.41) is 9.84. The first-order chi connectivity index (χ1) is 14.6. The Labute approximate surface area is 175 Å². The summed E-state index contributed by atoms with van der Waals surface area (Å²) in [5.74, 6) is 1.56. The summed E-state index contributed by atoms with van der Waals surface area (Å²) in [6, 6.07) is 14.7. The molecule has 0 amide bonds. The van der Waals surface area contributed by atoms with Crippen molar-refractivity contribution in [1.29, 1.82) is 0 Å². The normalized spacial score (nSPS) is 18.3. The van der Waals surface area contributed by atoms with E-state index in [1.807, 2.05) is 41.7 Å². The number of nitrogens with zero attached hydrogens (tertiary/aromatic N) is 5. The average molecular weight is 403 g/mol. The van der Waals surface area contributed by atoms with Gasteiger partial charge in [-0.15, -0.1) is 10.2 Å². The zero-order valence-corrected chi connectivity index (χ0v) is 17.3. The van der Waals surface area contributed by atoms with E-state index < -0.39 is 0 Å². The molecule has 4 aromatic rings. The van der Waals surface area contributed by atoms with Crippen LogP contribution in [-0.2, 0) is 0 Å². The van der Waals surface area contributed by atoms with Crippen LogP contribution in [-0.4, -0.2) is 50.2 Å². The lowest BCUT2D eigenvalue weighted by molar-refractivity contribution is 0.259. The van der Waals surface area contributed by atoms with Gasteiger partial charge in [0.25, 0.3) is 0 Å².